The Kier molecular flexibility index (Phi) is 7.57. The molecule has 4 nitrogen and oxygen atoms in total. The third-order valence-electron chi connectivity index (χ3n) is 3.74. The van der Waals surface area contributed by atoms with Crippen LogP contribution >= 0.6 is 0 Å². The van der Waals surface area contributed by atoms with Crippen molar-refractivity contribution in [2.45, 2.75) is 39.1 Å². The summed E-state index contributed by atoms with van der Waals surface area (Å²) in [4.78, 5) is 0. The molecule has 0 radical (unpaired) electrons. The summed E-state index contributed by atoms with van der Waals surface area (Å²) in [7, 11) is -3.28. The normalized spacial score (nSPS) is 12.5. The van der Waals surface area contributed by atoms with E-state index in [4.69, 9.17) is 0 Å². The molecule has 2 rings (SSSR count). The molecular weight excluding hydrogens is 344 g/mol. The van der Waals surface area contributed by atoms with Crippen LogP contribution in [0.3, 0.4) is 0 Å². The van der Waals surface area contributed by atoms with E-state index in [1.807, 2.05) is 56.3 Å². The lowest BCUT2D eigenvalue weighted by Gasteiger charge is -2.10. The molecule has 2 N–H and O–H groups in total. The summed E-state index contributed by atoms with van der Waals surface area (Å²) in [6, 6.07) is 17.9. The van der Waals surface area contributed by atoms with Crippen LogP contribution in [0.1, 0.15) is 37.5 Å². The van der Waals surface area contributed by atoms with Crippen molar-refractivity contribution in [1.82, 2.24) is 10.0 Å². The molecule has 0 aromatic heterocycles. The average Bonchev–Trinajstić information content (AvgIpc) is 2.56. The molecule has 0 bridgehead atoms. The van der Waals surface area contributed by atoms with Gasteiger partial charge in [-0.2, -0.15) is 0 Å². The summed E-state index contributed by atoms with van der Waals surface area (Å²) in [6.45, 7) is 7.30. The topological polar surface area (TPSA) is 58.2 Å². The van der Waals surface area contributed by atoms with Crippen molar-refractivity contribution in [3.63, 3.8) is 0 Å². The first-order valence-electron chi connectivity index (χ1n) is 8.85. The zero-order valence-electron chi connectivity index (χ0n) is 15.7. The lowest BCUT2D eigenvalue weighted by atomic mass is 10.1. The monoisotopic (exact) mass is 372 g/mol. The van der Waals surface area contributed by atoms with Gasteiger partial charge in [0.15, 0.2) is 0 Å². The van der Waals surface area contributed by atoms with Gasteiger partial charge in [-0.05, 0) is 37.5 Å². The summed E-state index contributed by atoms with van der Waals surface area (Å²) < 4.78 is 26.5. The highest BCUT2D eigenvalue weighted by atomic mass is 32.2. The fraction of sp³-hybridized carbons (Fsp3) is 0.333. The van der Waals surface area contributed by atoms with Crippen LogP contribution in [0.15, 0.2) is 60.2 Å². The van der Waals surface area contributed by atoms with Gasteiger partial charge in [0, 0.05) is 19.1 Å². The fourth-order valence-electron chi connectivity index (χ4n) is 2.66. The first-order valence-corrected chi connectivity index (χ1v) is 10.5. The van der Waals surface area contributed by atoms with E-state index in [2.05, 4.69) is 35.2 Å². The number of benzene rings is 2. The lowest BCUT2D eigenvalue weighted by molar-refractivity contribution is 0.569. The third-order valence-corrected chi connectivity index (χ3v) is 5.28. The second-order valence-corrected chi connectivity index (χ2v) is 8.61. The smallest absolute Gasteiger partial charge is 0.216 e. The first-order chi connectivity index (χ1) is 12.3. The fourth-order valence-corrected chi connectivity index (χ4v) is 4.10. The second-order valence-electron chi connectivity index (χ2n) is 6.85. The van der Waals surface area contributed by atoms with Crippen molar-refractivity contribution in [3.05, 3.63) is 76.9 Å². The van der Waals surface area contributed by atoms with Crippen LogP contribution in [0, 0.1) is 0 Å². The number of rotatable bonds is 9. The lowest BCUT2D eigenvalue weighted by Crippen LogP contribution is -2.31. The van der Waals surface area contributed by atoms with Crippen LogP contribution < -0.4 is 10.0 Å². The molecule has 0 saturated heterocycles. The van der Waals surface area contributed by atoms with Gasteiger partial charge in [-0.15, -0.1) is 0 Å². The molecule has 0 spiro atoms. The predicted molar refractivity (Wildman–Crippen MR) is 109 cm³/mol. The molecule has 5 heteroatoms. The minimum Gasteiger partial charge on any atom is -0.309 e. The average molecular weight is 373 g/mol. The van der Waals surface area contributed by atoms with Crippen molar-refractivity contribution < 1.29 is 8.42 Å². The van der Waals surface area contributed by atoms with Crippen molar-refractivity contribution in [1.29, 1.82) is 0 Å². The van der Waals surface area contributed by atoms with Crippen molar-refractivity contribution in [3.8, 4) is 0 Å². The van der Waals surface area contributed by atoms with Gasteiger partial charge in [-0.3, -0.25) is 0 Å². The Morgan fingerprint density at radius 2 is 1.62 bits per heavy atom. The van der Waals surface area contributed by atoms with Gasteiger partial charge >= 0.3 is 0 Å². The molecule has 26 heavy (non-hydrogen) atoms. The van der Waals surface area contributed by atoms with E-state index in [0.717, 1.165) is 24.2 Å². The second kappa shape index (κ2) is 9.67. The van der Waals surface area contributed by atoms with Crippen molar-refractivity contribution in [2.75, 3.05) is 6.54 Å². The molecule has 0 heterocycles. The summed E-state index contributed by atoms with van der Waals surface area (Å²) in [5.74, 6) is 0.0117. The number of hydrogen-bond donors (Lipinski definition) is 2. The summed E-state index contributed by atoms with van der Waals surface area (Å²) in [5, 5.41) is 3.42. The zero-order chi connectivity index (χ0) is 19.0. The maximum atomic E-state index is 12.0. The summed E-state index contributed by atoms with van der Waals surface area (Å²) in [5.41, 5.74) is 4.39. The number of nitrogens with one attached hydrogen (secondary N) is 2. The molecule has 0 aliphatic heterocycles. The maximum Gasteiger partial charge on any atom is 0.216 e. The quantitative estimate of drug-likeness (QED) is 0.705. The molecular formula is C21H28N2O2S. The van der Waals surface area contributed by atoms with Crippen molar-refractivity contribution in [2.24, 2.45) is 0 Å². The Morgan fingerprint density at radius 1 is 1.00 bits per heavy atom. The van der Waals surface area contributed by atoms with Gasteiger partial charge in [0.25, 0.3) is 0 Å². The molecule has 0 aliphatic carbocycles. The molecule has 0 saturated carbocycles. The number of sulfonamides is 1. The Balaban J connectivity index is 1.83. The van der Waals surface area contributed by atoms with Crippen LogP contribution in [0.5, 0.6) is 0 Å². The van der Waals surface area contributed by atoms with E-state index in [-0.39, 0.29) is 11.8 Å². The molecule has 0 aliphatic rings. The highest BCUT2D eigenvalue weighted by Gasteiger charge is 2.12. The van der Waals surface area contributed by atoms with Crippen LogP contribution in [0.25, 0.3) is 6.08 Å². The maximum absolute atomic E-state index is 12.0. The van der Waals surface area contributed by atoms with E-state index in [1.165, 1.54) is 11.1 Å². The van der Waals surface area contributed by atoms with Crippen LogP contribution in [-0.2, 0) is 22.3 Å². The van der Waals surface area contributed by atoms with E-state index in [9.17, 15) is 8.42 Å². The molecule has 0 fully saturated rings. The van der Waals surface area contributed by atoms with E-state index >= 15 is 0 Å². The summed E-state index contributed by atoms with van der Waals surface area (Å²) >= 11 is 0. The van der Waals surface area contributed by atoms with Crippen molar-refractivity contribution >= 4 is 16.1 Å². The third kappa shape index (κ3) is 7.52. The van der Waals surface area contributed by atoms with E-state index in [1.54, 1.807) is 0 Å². The Morgan fingerprint density at radius 3 is 2.23 bits per heavy atom. The zero-order valence-corrected chi connectivity index (χ0v) is 16.5. The SMILES string of the molecule is C/C(=C\c1ccccc1)CNCc1ccc(CS(=O)(=O)NC(C)C)cc1. The minimum atomic E-state index is -3.28. The first kappa shape index (κ1) is 20.4. The largest absolute Gasteiger partial charge is 0.309 e. The van der Waals surface area contributed by atoms with Gasteiger partial charge in [0.05, 0.1) is 5.75 Å². The van der Waals surface area contributed by atoms with Gasteiger partial charge in [0.2, 0.25) is 10.0 Å². The van der Waals surface area contributed by atoms with Gasteiger partial charge in [-0.25, -0.2) is 13.1 Å². The Bertz CT molecular complexity index is 811. The van der Waals surface area contributed by atoms with Gasteiger partial charge < -0.3 is 5.32 Å². The van der Waals surface area contributed by atoms with E-state index < -0.39 is 10.0 Å². The molecule has 0 amide bonds. The number of hydrogen-bond acceptors (Lipinski definition) is 3. The minimum absolute atomic E-state index is 0.0117. The molecule has 140 valence electrons. The molecule has 0 atom stereocenters. The van der Waals surface area contributed by atoms with Crippen LogP contribution in [-0.4, -0.2) is 21.0 Å². The highest BCUT2D eigenvalue weighted by molar-refractivity contribution is 7.88. The Labute approximate surface area is 157 Å². The Hall–Kier alpha value is -1.95. The standard InChI is InChI=1S/C21H28N2O2S/c1-17(2)23-26(24,25)16-21-11-9-20(10-12-21)15-22-14-18(3)13-19-7-5-4-6-8-19/h4-13,17,22-23H,14-16H2,1-3H3/b18-13+. The molecule has 0 unspecified atom stereocenters. The van der Waals surface area contributed by atoms with E-state index in [0.29, 0.717) is 0 Å². The molecule has 2 aromatic carbocycles. The van der Waals surface area contributed by atoms with Gasteiger partial charge in [0.1, 0.15) is 0 Å². The summed E-state index contributed by atoms with van der Waals surface area (Å²) in [6.07, 6.45) is 2.17. The highest BCUT2D eigenvalue weighted by Crippen LogP contribution is 2.09. The molecule has 2 aromatic rings. The van der Waals surface area contributed by atoms with Gasteiger partial charge in [-0.1, -0.05) is 66.2 Å². The predicted octanol–water partition coefficient (Wildman–Crippen LogP) is 3.71. The van der Waals surface area contributed by atoms with Crippen LogP contribution in [0.2, 0.25) is 0 Å². The van der Waals surface area contributed by atoms with Crippen LogP contribution in [0.4, 0.5) is 0 Å².